The molecule has 0 saturated heterocycles. The summed E-state index contributed by atoms with van der Waals surface area (Å²) < 4.78 is 0. The highest BCUT2D eigenvalue weighted by molar-refractivity contribution is 7.14. The van der Waals surface area contributed by atoms with E-state index in [1.165, 1.54) is 16.9 Å². The quantitative estimate of drug-likeness (QED) is 0.595. The summed E-state index contributed by atoms with van der Waals surface area (Å²) in [7, 11) is 0. The largest absolute Gasteiger partial charge is 0.234 e. The number of benzene rings is 1. The van der Waals surface area contributed by atoms with Crippen LogP contribution < -0.4 is 0 Å². The van der Waals surface area contributed by atoms with Crippen LogP contribution in [0.4, 0.5) is 0 Å². The third-order valence-corrected chi connectivity index (χ3v) is 5.10. The van der Waals surface area contributed by atoms with Crippen LogP contribution in [-0.2, 0) is 6.42 Å². The first-order valence-corrected chi connectivity index (χ1v) is 8.76. The van der Waals surface area contributed by atoms with Crippen LogP contribution in [0.15, 0.2) is 47.2 Å². The summed E-state index contributed by atoms with van der Waals surface area (Å²) in [4.78, 5) is 5.72. The van der Waals surface area contributed by atoms with Gasteiger partial charge in [-0.15, -0.1) is 22.7 Å². The summed E-state index contributed by atoms with van der Waals surface area (Å²) in [6.45, 7) is 2.13. The third kappa shape index (κ3) is 3.16. The van der Waals surface area contributed by atoms with E-state index in [1.807, 2.05) is 41.1 Å². The number of hydrogen-bond donors (Lipinski definition) is 0. The number of thiophene rings is 1. The predicted octanol–water partition coefficient (Wildman–Crippen LogP) is 5.50. The number of allylic oxidation sites excluding steroid dienone is 1. The standard InChI is InChI=1S/C18H14N2S2/c1-2-13-5-7-14(8-6-13)10-15(11-19)18-20-16(12-22-18)17-4-3-9-21-17/h3-10,12H,2H2,1H3. The van der Waals surface area contributed by atoms with Crippen LogP contribution in [0.5, 0.6) is 0 Å². The van der Waals surface area contributed by atoms with Crippen molar-refractivity contribution in [1.29, 1.82) is 5.26 Å². The molecule has 0 saturated carbocycles. The van der Waals surface area contributed by atoms with Crippen molar-refractivity contribution < 1.29 is 0 Å². The number of thiazole rings is 1. The molecule has 0 aliphatic rings. The molecule has 2 aromatic heterocycles. The van der Waals surface area contributed by atoms with E-state index in [2.05, 4.69) is 30.1 Å². The van der Waals surface area contributed by atoms with E-state index in [4.69, 9.17) is 0 Å². The smallest absolute Gasteiger partial charge is 0.134 e. The summed E-state index contributed by atoms with van der Waals surface area (Å²) in [5, 5.41) is 14.2. The van der Waals surface area contributed by atoms with Gasteiger partial charge in [0.1, 0.15) is 11.1 Å². The van der Waals surface area contributed by atoms with Crippen LogP contribution in [0.3, 0.4) is 0 Å². The Morgan fingerprint density at radius 3 is 2.68 bits per heavy atom. The van der Waals surface area contributed by atoms with Crippen molar-refractivity contribution >= 4 is 34.3 Å². The van der Waals surface area contributed by atoms with E-state index in [0.717, 1.165) is 27.6 Å². The van der Waals surface area contributed by atoms with Crippen molar-refractivity contribution in [2.24, 2.45) is 0 Å². The monoisotopic (exact) mass is 322 g/mol. The molecule has 0 aliphatic carbocycles. The second-order valence-corrected chi connectivity index (χ2v) is 6.59. The van der Waals surface area contributed by atoms with E-state index >= 15 is 0 Å². The third-order valence-electron chi connectivity index (χ3n) is 3.33. The lowest BCUT2D eigenvalue weighted by molar-refractivity contribution is 1.14. The van der Waals surface area contributed by atoms with E-state index in [1.54, 1.807) is 11.3 Å². The maximum absolute atomic E-state index is 9.43. The summed E-state index contributed by atoms with van der Waals surface area (Å²) in [6, 6.07) is 14.6. The first-order chi connectivity index (χ1) is 10.8. The minimum atomic E-state index is 0.608. The average Bonchev–Trinajstić information content (AvgIpc) is 3.24. The van der Waals surface area contributed by atoms with E-state index in [9.17, 15) is 5.26 Å². The topological polar surface area (TPSA) is 36.7 Å². The summed E-state index contributed by atoms with van der Waals surface area (Å²) in [5.74, 6) is 0. The molecule has 1 aromatic carbocycles. The van der Waals surface area contributed by atoms with Gasteiger partial charge in [0.25, 0.3) is 0 Å². The maximum Gasteiger partial charge on any atom is 0.134 e. The van der Waals surface area contributed by atoms with Crippen molar-refractivity contribution in [2.45, 2.75) is 13.3 Å². The Bertz CT molecular complexity index is 819. The van der Waals surface area contributed by atoms with Gasteiger partial charge < -0.3 is 0 Å². The van der Waals surface area contributed by atoms with Crippen molar-refractivity contribution in [3.05, 3.63) is 63.3 Å². The Balaban J connectivity index is 1.90. The second kappa shape index (κ2) is 6.69. The van der Waals surface area contributed by atoms with Gasteiger partial charge in [0.15, 0.2) is 0 Å². The molecule has 0 aliphatic heterocycles. The van der Waals surface area contributed by atoms with Crippen LogP contribution in [-0.4, -0.2) is 4.98 Å². The van der Waals surface area contributed by atoms with Crippen LogP contribution in [0, 0.1) is 11.3 Å². The zero-order valence-corrected chi connectivity index (χ0v) is 13.7. The number of aryl methyl sites for hydroxylation is 1. The first kappa shape index (κ1) is 14.7. The van der Waals surface area contributed by atoms with Crippen molar-refractivity contribution in [1.82, 2.24) is 4.98 Å². The van der Waals surface area contributed by atoms with Crippen molar-refractivity contribution in [3.63, 3.8) is 0 Å². The van der Waals surface area contributed by atoms with Gasteiger partial charge >= 0.3 is 0 Å². The van der Waals surface area contributed by atoms with E-state index in [0.29, 0.717) is 5.57 Å². The van der Waals surface area contributed by atoms with Crippen LogP contribution >= 0.6 is 22.7 Å². The summed E-state index contributed by atoms with van der Waals surface area (Å²) >= 11 is 3.17. The summed E-state index contributed by atoms with van der Waals surface area (Å²) in [5.41, 5.74) is 3.88. The molecule has 0 fully saturated rings. The van der Waals surface area contributed by atoms with E-state index in [-0.39, 0.29) is 0 Å². The Kier molecular flexibility index (Phi) is 4.47. The fourth-order valence-electron chi connectivity index (χ4n) is 2.09. The molecule has 0 unspecified atom stereocenters. The predicted molar refractivity (Wildman–Crippen MR) is 94.7 cm³/mol. The molecule has 4 heteroatoms. The van der Waals surface area contributed by atoms with Gasteiger partial charge in [-0.2, -0.15) is 5.26 Å². The fourth-order valence-corrected chi connectivity index (χ4v) is 3.64. The maximum atomic E-state index is 9.43. The van der Waals surface area contributed by atoms with Crippen molar-refractivity contribution in [2.75, 3.05) is 0 Å². The average molecular weight is 322 g/mol. The lowest BCUT2D eigenvalue weighted by atomic mass is 10.1. The van der Waals surface area contributed by atoms with Gasteiger partial charge in [-0.25, -0.2) is 4.98 Å². The molecule has 3 rings (SSSR count). The molecule has 0 N–H and O–H groups in total. The molecular weight excluding hydrogens is 308 g/mol. The van der Waals surface area contributed by atoms with Crippen LogP contribution in [0.1, 0.15) is 23.1 Å². The highest BCUT2D eigenvalue weighted by Crippen LogP contribution is 2.29. The highest BCUT2D eigenvalue weighted by Gasteiger charge is 2.09. The lowest BCUT2D eigenvalue weighted by Gasteiger charge is -1.98. The molecule has 0 amide bonds. The Hall–Kier alpha value is -2.22. The molecule has 0 radical (unpaired) electrons. The zero-order chi connectivity index (χ0) is 15.4. The molecule has 0 spiro atoms. The lowest BCUT2D eigenvalue weighted by Crippen LogP contribution is -1.83. The second-order valence-electron chi connectivity index (χ2n) is 4.78. The molecule has 108 valence electrons. The molecule has 2 heterocycles. The Morgan fingerprint density at radius 2 is 2.05 bits per heavy atom. The first-order valence-electron chi connectivity index (χ1n) is 7.00. The molecular formula is C18H14N2S2. The normalized spacial score (nSPS) is 11.4. The van der Waals surface area contributed by atoms with Gasteiger partial charge in [0.2, 0.25) is 0 Å². The Labute approximate surface area is 138 Å². The number of nitrogens with zero attached hydrogens (tertiary/aromatic N) is 2. The SMILES string of the molecule is CCc1ccc(C=C(C#N)c2nc(-c3cccs3)cs2)cc1. The zero-order valence-electron chi connectivity index (χ0n) is 12.1. The fraction of sp³-hybridized carbons (Fsp3) is 0.111. The minimum Gasteiger partial charge on any atom is -0.234 e. The highest BCUT2D eigenvalue weighted by atomic mass is 32.1. The number of nitriles is 1. The number of rotatable bonds is 4. The summed E-state index contributed by atoms with van der Waals surface area (Å²) in [6.07, 6.45) is 2.92. The molecule has 2 nitrogen and oxygen atoms in total. The number of aromatic nitrogens is 1. The molecule has 3 aromatic rings. The molecule has 0 atom stereocenters. The van der Waals surface area contributed by atoms with Gasteiger partial charge in [-0.3, -0.25) is 0 Å². The van der Waals surface area contributed by atoms with Gasteiger partial charge in [-0.1, -0.05) is 37.3 Å². The van der Waals surface area contributed by atoms with Crippen LogP contribution in [0.25, 0.3) is 22.2 Å². The van der Waals surface area contributed by atoms with Gasteiger partial charge in [-0.05, 0) is 35.1 Å². The number of hydrogen-bond acceptors (Lipinski definition) is 4. The van der Waals surface area contributed by atoms with Crippen molar-refractivity contribution in [3.8, 4) is 16.6 Å². The molecule has 22 heavy (non-hydrogen) atoms. The van der Waals surface area contributed by atoms with E-state index < -0.39 is 0 Å². The van der Waals surface area contributed by atoms with Gasteiger partial charge in [0, 0.05) is 5.38 Å². The minimum absolute atomic E-state index is 0.608. The molecule has 0 bridgehead atoms. The van der Waals surface area contributed by atoms with Gasteiger partial charge in [0.05, 0.1) is 16.1 Å². The van der Waals surface area contributed by atoms with Crippen LogP contribution in [0.2, 0.25) is 0 Å². The Morgan fingerprint density at radius 1 is 1.23 bits per heavy atom.